The van der Waals surface area contributed by atoms with Crippen LogP contribution in [0.5, 0.6) is 0 Å². The first-order valence-electron chi connectivity index (χ1n) is 4.86. The monoisotopic (exact) mass is 231 g/mol. The molecule has 0 spiro atoms. The number of carbonyl (C=O) groups is 3. The van der Waals surface area contributed by atoms with Crippen molar-refractivity contribution in [2.45, 2.75) is 45.8 Å². The van der Waals surface area contributed by atoms with Gasteiger partial charge in [-0.15, -0.1) is 0 Å². The number of nitrogens with one attached hydrogen (secondary N) is 1. The fraction of sp³-hybridized carbons (Fsp3) is 0.700. The molecule has 0 aromatic rings. The van der Waals surface area contributed by atoms with Crippen molar-refractivity contribution >= 4 is 17.8 Å². The molecule has 0 aromatic heterocycles. The summed E-state index contributed by atoms with van der Waals surface area (Å²) in [6, 6.07) is -0.869. The van der Waals surface area contributed by atoms with Crippen LogP contribution >= 0.6 is 0 Å². The largest absolute Gasteiger partial charge is 0.481 e. The van der Waals surface area contributed by atoms with Crippen molar-refractivity contribution in [3.8, 4) is 0 Å². The molecule has 0 aromatic carbocycles. The van der Waals surface area contributed by atoms with Gasteiger partial charge in [0.05, 0.1) is 6.04 Å². The van der Waals surface area contributed by atoms with E-state index < -0.39 is 35.9 Å². The maximum absolute atomic E-state index is 11.2. The van der Waals surface area contributed by atoms with Gasteiger partial charge in [-0.05, 0) is 27.7 Å². The lowest BCUT2D eigenvalue weighted by Gasteiger charge is -2.21. The van der Waals surface area contributed by atoms with Crippen molar-refractivity contribution in [3.63, 3.8) is 0 Å². The van der Waals surface area contributed by atoms with Gasteiger partial charge < -0.3 is 15.2 Å². The number of ketones is 1. The van der Waals surface area contributed by atoms with Crippen LogP contribution in [0.4, 0.5) is 4.79 Å². The SMILES string of the molecule is CC(NC(=O)OC(C)(C)C)C(=O)CC(=O)O. The number of aliphatic carboxylic acids is 1. The molecule has 0 rings (SSSR count). The molecule has 0 aliphatic carbocycles. The Morgan fingerprint density at radius 1 is 1.31 bits per heavy atom. The quantitative estimate of drug-likeness (QED) is 0.702. The number of alkyl carbamates (subject to hydrolysis) is 1. The zero-order chi connectivity index (χ0) is 12.9. The summed E-state index contributed by atoms with van der Waals surface area (Å²) < 4.78 is 4.91. The number of hydrogen-bond acceptors (Lipinski definition) is 4. The predicted molar refractivity (Wildman–Crippen MR) is 56.1 cm³/mol. The van der Waals surface area contributed by atoms with Gasteiger partial charge in [-0.3, -0.25) is 9.59 Å². The Morgan fingerprint density at radius 2 is 1.81 bits per heavy atom. The molecule has 0 aliphatic heterocycles. The predicted octanol–water partition coefficient (Wildman–Crippen LogP) is 0.943. The summed E-state index contributed by atoms with van der Waals surface area (Å²) in [5, 5.41) is 10.7. The van der Waals surface area contributed by atoms with E-state index in [9.17, 15) is 14.4 Å². The molecule has 0 saturated carbocycles. The lowest BCUT2D eigenvalue weighted by atomic mass is 10.1. The number of amides is 1. The Balaban J connectivity index is 4.14. The highest BCUT2D eigenvalue weighted by molar-refractivity contribution is 5.98. The first-order valence-corrected chi connectivity index (χ1v) is 4.86. The van der Waals surface area contributed by atoms with E-state index >= 15 is 0 Å². The standard InChI is InChI=1S/C10H17NO5/c1-6(7(12)5-8(13)14)11-9(15)16-10(2,3)4/h6H,5H2,1-4H3,(H,11,15)(H,13,14). The van der Waals surface area contributed by atoms with Crippen LogP contribution in [0.3, 0.4) is 0 Å². The lowest BCUT2D eigenvalue weighted by molar-refractivity contribution is -0.140. The molecule has 6 nitrogen and oxygen atoms in total. The summed E-state index contributed by atoms with van der Waals surface area (Å²) in [4.78, 5) is 32.7. The van der Waals surface area contributed by atoms with E-state index in [0.29, 0.717) is 0 Å². The first kappa shape index (κ1) is 14.4. The molecule has 1 unspecified atom stereocenters. The molecular formula is C10H17NO5. The van der Waals surface area contributed by atoms with Crippen molar-refractivity contribution in [3.05, 3.63) is 0 Å². The number of carboxylic acids is 1. The minimum absolute atomic E-state index is 0.571. The summed E-state index contributed by atoms with van der Waals surface area (Å²) >= 11 is 0. The number of ether oxygens (including phenoxy) is 1. The van der Waals surface area contributed by atoms with Crippen molar-refractivity contribution in [2.24, 2.45) is 0 Å². The molecule has 1 amide bonds. The number of hydrogen-bond donors (Lipinski definition) is 2. The minimum atomic E-state index is -1.22. The third-order valence-electron chi connectivity index (χ3n) is 1.54. The number of Topliss-reactive ketones (excluding diaryl/α,β-unsaturated/α-hetero) is 1. The van der Waals surface area contributed by atoms with Gasteiger partial charge in [-0.2, -0.15) is 0 Å². The highest BCUT2D eigenvalue weighted by Gasteiger charge is 2.21. The van der Waals surface area contributed by atoms with Crippen molar-refractivity contribution in [1.82, 2.24) is 5.32 Å². The van der Waals surface area contributed by atoms with Crippen LogP contribution in [0.15, 0.2) is 0 Å². The molecule has 16 heavy (non-hydrogen) atoms. The zero-order valence-electron chi connectivity index (χ0n) is 9.86. The molecule has 0 heterocycles. The minimum Gasteiger partial charge on any atom is -0.481 e. The topological polar surface area (TPSA) is 92.7 Å². The molecule has 2 N–H and O–H groups in total. The Hall–Kier alpha value is -1.59. The second-order valence-electron chi connectivity index (χ2n) is 4.40. The summed E-state index contributed by atoms with van der Waals surface area (Å²) in [5.74, 6) is -1.79. The lowest BCUT2D eigenvalue weighted by Crippen LogP contribution is -2.42. The number of rotatable bonds is 4. The van der Waals surface area contributed by atoms with E-state index in [1.807, 2.05) is 0 Å². The van der Waals surface area contributed by atoms with E-state index in [0.717, 1.165) is 0 Å². The van der Waals surface area contributed by atoms with Gasteiger partial charge >= 0.3 is 12.1 Å². The highest BCUT2D eigenvalue weighted by atomic mass is 16.6. The molecular weight excluding hydrogens is 214 g/mol. The fourth-order valence-corrected chi connectivity index (χ4v) is 0.867. The zero-order valence-corrected chi connectivity index (χ0v) is 9.86. The van der Waals surface area contributed by atoms with E-state index in [1.54, 1.807) is 20.8 Å². The van der Waals surface area contributed by atoms with Gasteiger partial charge in [0, 0.05) is 0 Å². The number of carbonyl (C=O) groups excluding carboxylic acids is 2. The van der Waals surface area contributed by atoms with E-state index in [-0.39, 0.29) is 0 Å². The van der Waals surface area contributed by atoms with Gasteiger partial charge in [-0.25, -0.2) is 4.79 Å². The van der Waals surface area contributed by atoms with Crippen LogP contribution < -0.4 is 5.32 Å². The Labute approximate surface area is 94.0 Å². The fourth-order valence-electron chi connectivity index (χ4n) is 0.867. The Bertz CT molecular complexity index is 292. The van der Waals surface area contributed by atoms with Crippen LogP contribution in [0.25, 0.3) is 0 Å². The van der Waals surface area contributed by atoms with Gasteiger partial charge in [0.1, 0.15) is 12.0 Å². The number of carboxylic acid groups (broad SMARTS) is 1. The highest BCUT2D eigenvalue weighted by Crippen LogP contribution is 2.06. The summed E-state index contributed by atoms with van der Waals surface area (Å²) in [6.45, 7) is 6.48. The van der Waals surface area contributed by atoms with Crippen LogP contribution in [0, 0.1) is 0 Å². The second-order valence-corrected chi connectivity index (χ2v) is 4.40. The normalized spacial score (nSPS) is 12.8. The van der Waals surface area contributed by atoms with E-state index in [1.165, 1.54) is 6.92 Å². The van der Waals surface area contributed by atoms with Gasteiger partial charge in [0.15, 0.2) is 5.78 Å². The molecule has 6 heteroatoms. The van der Waals surface area contributed by atoms with Crippen LogP contribution in [0.2, 0.25) is 0 Å². The summed E-state index contributed by atoms with van der Waals surface area (Å²) in [5.41, 5.74) is -0.653. The third-order valence-corrected chi connectivity index (χ3v) is 1.54. The average molecular weight is 231 g/mol. The van der Waals surface area contributed by atoms with Crippen molar-refractivity contribution in [1.29, 1.82) is 0 Å². The maximum Gasteiger partial charge on any atom is 0.408 e. The molecule has 0 aliphatic rings. The van der Waals surface area contributed by atoms with Crippen LogP contribution in [0.1, 0.15) is 34.1 Å². The van der Waals surface area contributed by atoms with Crippen molar-refractivity contribution < 1.29 is 24.2 Å². The van der Waals surface area contributed by atoms with Crippen molar-refractivity contribution in [2.75, 3.05) is 0 Å². The van der Waals surface area contributed by atoms with E-state index in [2.05, 4.69) is 5.32 Å². The smallest absolute Gasteiger partial charge is 0.408 e. The van der Waals surface area contributed by atoms with E-state index in [4.69, 9.17) is 9.84 Å². The first-order chi connectivity index (χ1) is 7.11. The molecule has 0 saturated heterocycles. The summed E-state index contributed by atoms with van der Waals surface area (Å²) in [7, 11) is 0. The third kappa shape index (κ3) is 6.80. The molecule has 0 fully saturated rings. The average Bonchev–Trinajstić information content (AvgIpc) is 1.98. The molecule has 92 valence electrons. The van der Waals surface area contributed by atoms with Crippen LogP contribution in [-0.4, -0.2) is 34.6 Å². The van der Waals surface area contributed by atoms with Crippen LogP contribution in [-0.2, 0) is 14.3 Å². The summed E-state index contributed by atoms with van der Waals surface area (Å²) in [6.07, 6.45) is -1.35. The Kier molecular flexibility index (Phi) is 4.94. The molecule has 0 bridgehead atoms. The van der Waals surface area contributed by atoms with Gasteiger partial charge in [-0.1, -0.05) is 0 Å². The molecule has 1 atom stereocenters. The Morgan fingerprint density at radius 3 is 2.19 bits per heavy atom. The molecule has 0 radical (unpaired) electrons. The maximum atomic E-state index is 11.2. The van der Waals surface area contributed by atoms with Gasteiger partial charge in [0.25, 0.3) is 0 Å². The second kappa shape index (κ2) is 5.48. The van der Waals surface area contributed by atoms with Gasteiger partial charge in [0.2, 0.25) is 0 Å².